The Labute approximate surface area is 90.3 Å². The van der Waals surface area contributed by atoms with Gasteiger partial charge in [-0.2, -0.15) is 0 Å². The number of aryl methyl sites for hydroxylation is 1. The molecule has 2 nitrogen and oxygen atoms in total. The zero-order chi connectivity index (χ0) is 11.3. The van der Waals surface area contributed by atoms with Crippen molar-refractivity contribution in [1.82, 2.24) is 0 Å². The van der Waals surface area contributed by atoms with E-state index in [2.05, 4.69) is 13.0 Å². The summed E-state index contributed by atoms with van der Waals surface area (Å²) in [5, 5.41) is 8.57. The summed E-state index contributed by atoms with van der Waals surface area (Å²) in [6.07, 6.45) is 3.88. The van der Waals surface area contributed by atoms with Gasteiger partial charge in [-0.25, -0.2) is 4.79 Å². The fourth-order valence-electron chi connectivity index (χ4n) is 1.58. The van der Waals surface area contributed by atoms with Crippen LogP contribution in [0.25, 0.3) is 0 Å². The molecule has 1 aromatic carbocycles. The van der Waals surface area contributed by atoms with Crippen molar-refractivity contribution in [3.63, 3.8) is 0 Å². The minimum atomic E-state index is -0.888. The molecule has 0 saturated heterocycles. The predicted molar refractivity (Wildman–Crippen MR) is 61.0 cm³/mol. The van der Waals surface area contributed by atoms with E-state index in [-0.39, 0.29) is 5.92 Å². The Bertz CT molecular complexity index is 367. The van der Waals surface area contributed by atoms with Gasteiger partial charge in [-0.3, -0.25) is 0 Å². The Morgan fingerprint density at radius 2 is 2.27 bits per heavy atom. The highest BCUT2D eigenvalue weighted by Crippen LogP contribution is 2.21. The van der Waals surface area contributed by atoms with Crippen molar-refractivity contribution in [3.8, 4) is 0 Å². The van der Waals surface area contributed by atoms with Crippen molar-refractivity contribution in [2.45, 2.75) is 26.2 Å². The molecular weight excluding hydrogens is 188 g/mol. The first kappa shape index (κ1) is 11.5. The molecule has 0 saturated carbocycles. The van der Waals surface area contributed by atoms with E-state index in [0.29, 0.717) is 0 Å². The Hall–Kier alpha value is -1.57. The SMILES string of the molecule is CCC(/C=C/C(=O)O)c1cccc(C)c1. The van der Waals surface area contributed by atoms with Crippen LogP contribution in [-0.2, 0) is 4.79 Å². The number of rotatable bonds is 4. The molecule has 15 heavy (non-hydrogen) atoms. The molecule has 0 radical (unpaired) electrons. The summed E-state index contributed by atoms with van der Waals surface area (Å²) in [7, 11) is 0. The highest BCUT2D eigenvalue weighted by atomic mass is 16.4. The molecule has 0 aliphatic carbocycles. The summed E-state index contributed by atoms with van der Waals surface area (Å²) < 4.78 is 0. The first-order chi connectivity index (χ1) is 7.13. The third-order valence-corrected chi connectivity index (χ3v) is 2.38. The topological polar surface area (TPSA) is 37.3 Å². The van der Waals surface area contributed by atoms with E-state index in [9.17, 15) is 4.79 Å². The molecule has 1 aromatic rings. The molecule has 0 fully saturated rings. The summed E-state index contributed by atoms with van der Waals surface area (Å²) >= 11 is 0. The number of aliphatic carboxylic acids is 1. The van der Waals surface area contributed by atoms with Gasteiger partial charge < -0.3 is 5.11 Å². The molecule has 1 N–H and O–H groups in total. The highest BCUT2D eigenvalue weighted by molar-refractivity contribution is 5.79. The second kappa shape index (κ2) is 5.35. The number of benzene rings is 1. The standard InChI is InChI=1S/C13H16O2/c1-3-11(7-8-13(14)15)12-6-4-5-10(2)9-12/h4-9,11H,3H2,1-2H3,(H,14,15)/b8-7+. The summed E-state index contributed by atoms with van der Waals surface area (Å²) in [4.78, 5) is 10.4. The van der Waals surface area contributed by atoms with Gasteiger partial charge in [0.15, 0.2) is 0 Å². The maximum atomic E-state index is 10.4. The number of allylic oxidation sites excluding steroid dienone is 1. The average molecular weight is 204 g/mol. The lowest BCUT2D eigenvalue weighted by Gasteiger charge is -2.10. The van der Waals surface area contributed by atoms with Crippen LogP contribution in [0, 0.1) is 6.92 Å². The fourth-order valence-corrected chi connectivity index (χ4v) is 1.58. The van der Waals surface area contributed by atoms with E-state index in [1.807, 2.05) is 25.1 Å². The van der Waals surface area contributed by atoms with Crippen molar-refractivity contribution in [2.24, 2.45) is 0 Å². The van der Waals surface area contributed by atoms with Gasteiger partial charge in [0.1, 0.15) is 0 Å². The average Bonchev–Trinajstić information content (AvgIpc) is 2.18. The summed E-state index contributed by atoms with van der Waals surface area (Å²) in [5.74, 6) is -0.692. The summed E-state index contributed by atoms with van der Waals surface area (Å²) in [5.41, 5.74) is 2.38. The molecule has 1 atom stereocenters. The number of carboxylic acid groups (broad SMARTS) is 1. The Balaban J connectivity index is 2.87. The van der Waals surface area contributed by atoms with Crippen LogP contribution in [0.4, 0.5) is 0 Å². The molecular formula is C13H16O2. The second-order valence-corrected chi connectivity index (χ2v) is 3.63. The molecule has 0 aliphatic heterocycles. The predicted octanol–water partition coefficient (Wildman–Crippen LogP) is 3.13. The monoisotopic (exact) mass is 204 g/mol. The van der Waals surface area contributed by atoms with Crippen LogP contribution in [-0.4, -0.2) is 11.1 Å². The molecule has 1 unspecified atom stereocenters. The van der Waals surface area contributed by atoms with Gasteiger partial charge in [-0.15, -0.1) is 0 Å². The van der Waals surface area contributed by atoms with Crippen molar-refractivity contribution in [2.75, 3.05) is 0 Å². The minimum absolute atomic E-state index is 0.195. The molecule has 0 spiro atoms. The van der Waals surface area contributed by atoms with E-state index in [1.165, 1.54) is 17.2 Å². The number of carbonyl (C=O) groups is 1. The van der Waals surface area contributed by atoms with Gasteiger partial charge in [-0.05, 0) is 18.9 Å². The Morgan fingerprint density at radius 3 is 2.80 bits per heavy atom. The van der Waals surface area contributed by atoms with Gasteiger partial charge in [0.25, 0.3) is 0 Å². The van der Waals surface area contributed by atoms with E-state index < -0.39 is 5.97 Å². The van der Waals surface area contributed by atoms with Crippen LogP contribution in [0.3, 0.4) is 0 Å². The van der Waals surface area contributed by atoms with E-state index >= 15 is 0 Å². The van der Waals surface area contributed by atoms with Crippen LogP contribution in [0.5, 0.6) is 0 Å². The molecule has 0 aromatic heterocycles. The van der Waals surface area contributed by atoms with Gasteiger partial charge in [0.05, 0.1) is 0 Å². The first-order valence-corrected chi connectivity index (χ1v) is 5.11. The number of hydrogen-bond acceptors (Lipinski definition) is 1. The largest absolute Gasteiger partial charge is 0.478 e. The third kappa shape index (κ3) is 3.58. The second-order valence-electron chi connectivity index (χ2n) is 3.63. The number of carboxylic acids is 1. The highest BCUT2D eigenvalue weighted by Gasteiger charge is 2.05. The van der Waals surface area contributed by atoms with Gasteiger partial charge >= 0.3 is 5.97 Å². The van der Waals surface area contributed by atoms with E-state index in [1.54, 1.807) is 6.08 Å². The summed E-state index contributed by atoms with van der Waals surface area (Å²) in [6, 6.07) is 8.17. The maximum absolute atomic E-state index is 10.4. The normalized spacial score (nSPS) is 12.9. The zero-order valence-corrected chi connectivity index (χ0v) is 9.10. The van der Waals surface area contributed by atoms with Crippen LogP contribution in [0.2, 0.25) is 0 Å². The van der Waals surface area contributed by atoms with Crippen molar-refractivity contribution in [1.29, 1.82) is 0 Å². The lowest BCUT2D eigenvalue weighted by molar-refractivity contribution is -0.131. The van der Waals surface area contributed by atoms with Gasteiger partial charge in [0, 0.05) is 12.0 Å². The first-order valence-electron chi connectivity index (χ1n) is 5.11. The minimum Gasteiger partial charge on any atom is -0.478 e. The molecule has 80 valence electrons. The molecule has 0 heterocycles. The molecule has 0 aliphatic rings. The fraction of sp³-hybridized carbons (Fsp3) is 0.308. The van der Waals surface area contributed by atoms with Crippen molar-refractivity contribution < 1.29 is 9.90 Å². The maximum Gasteiger partial charge on any atom is 0.327 e. The quantitative estimate of drug-likeness (QED) is 0.765. The lowest BCUT2D eigenvalue weighted by atomic mass is 9.95. The van der Waals surface area contributed by atoms with Gasteiger partial charge in [0.2, 0.25) is 0 Å². The Kier molecular flexibility index (Phi) is 4.10. The Morgan fingerprint density at radius 1 is 1.53 bits per heavy atom. The van der Waals surface area contributed by atoms with Crippen LogP contribution >= 0.6 is 0 Å². The van der Waals surface area contributed by atoms with Crippen molar-refractivity contribution in [3.05, 3.63) is 47.5 Å². The van der Waals surface area contributed by atoms with Crippen LogP contribution in [0.15, 0.2) is 36.4 Å². The van der Waals surface area contributed by atoms with Gasteiger partial charge in [-0.1, -0.05) is 42.8 Å². The number of hydrogen-bond donors (Lipinski definition) is 1. The van der Waals surface area contributed by atoms with Crippen LogP contribution in [0.1, 0.15) is 30.4 Å². The molecule has 2 heteroatoms. The third-order valence-electron chi connectivity index (χ3n) is 2.38. The lowest BCUT2D eigenvalue weighted by Crippen LogP contribution is -1.96. The van der Waals surface area contributed by atoms with Crippen LogP contribution < -0.4 is 0 Å². The molecule has 0 amide bonds. The molecule has 0 bridgehead atoms. The zero-order valence-electron chi connectivity index (χ0n) is 9.10. The van der Waals surface area contributed by atoms with Crippen molar-refractivity contribution >= 4 is 5.97 Å². The molecule has 1 rings (SSSR count). The smallest absolute Gasteiger partial charge is 0.327 e. The van der Waals surface area contributed by atoms with E-state index in [0.717, 1.165) is 6.42 Å². The van der Waals surface area contributed by atoms with E-state index in [4.69, 9.17) is 5.11 Å². The summed E-state index contributed by atoms with van der Waals surface area (Å²) in [6.45, 7) is 4.09.